The van der Waals surface area contributed by atoms with E-state index in [2.05, 4.69) is 16.9 Å². The zero-order chi connectivity index (χ0) is 28.6. The van der Waals surface area contributed by atoms with Gasteiger partial charge in [-0.15, -0.1) is 0 Å². The second kappa shape index (κ2) is 13.6. The van der Waals surface area contributed by atoms with E-state index in [1.807, 2.05) is 29.0 Å². The Kier molecular flexibility index (Phi) is 10.2. The van der Waals surface area contributed by atoms with Gasteiger partial charge in [0.1, 0.15) is 5.75 Å². The van der Waals surface area contributed by atoms with E-state index >= 15 is 0 Å². The molecule has 2 aliphatic heterocycles. The topological polar surface area (TPSA) is 96.0 Å². The largest absolute Gasteiger partial charge is 0.493 e. The number of carbonyl (C=O) groups excluding carboxylic acids is 2. The number of carbonyl (C=O) groups is 2. The van der Waals surface area contributed by atoms with Gasteiger partial charge in [-0.25, -0.2) is 13.1 Å². The Hall–Kier alpha value is -2.91. The summed E-state index contributed by atoms with van der Waals surface area (Å²) in [5.74, 6) is 1.21. The number of fused-ring (bicyclic) bond motifs is 1. The predicted octanol–water partition coefficient (Wildman–Crippen LogP) is 4.18. The summed E-state index contributed by atoms with van der Waals surface area (Å²) >= 11 is 0. The Balaban J connectivity index is 1.34. The number of benzene rings is 2. The van der Waals surface area contributed by atoms with Gasteiger partial charge in [0.25, 0.3) is 0 Å². The van der Waals surface area contributed by atoms with Crippen LogP contribution in [0.3, 0.4) is 0 Å². The third-order valence-corrected chi connectivity index (χ3v) is 9.90. The molecule has 0 saturated carbocycles. The Labute approximate surface area is 239 Å². The van der Waals surface area contributed by atoms with Crippen LogP contribution in [0.15, 0.2) is 53.4 Å². The van der Waals surface area contributed by atoms with Crippen molar-refractivity contribution in [1.29, 1.82) is 0 Å². The van der Waals surface area contributed by atoms with E-state index in [-0.39, 0.29) is 22.1 Å². The van der Waals surface area contributed by atoms with Crippen LogP contribution in [-0.2, 0) is 32.5 Å². The molecule has 2 heterocycles. The lowest BCUT2D eigenvalue weighted by Gasteiger charge is -2.44. The van der Waals surface area contributed by atoms with Crippen LogP contribution in [0.4, 0.5) is 0 Å². The van der Waals surface area contributed by atoms with Crippen LogP contribution in [0.25, 0.3) is 0 Å². The third kappa shape index (κ3) is 7.85. The molecular weight excluding hydrogens is 526 g/mol. The molecule has 2 aromatic rings. The molecule has 9 heteroatoms. The van der Waals surface area contributed by atoms with Crippen LogP contribution in [0.5, 0.6) is 5.75 Å². The average molecular weight is 570 g/mol. The quantitative estimate of drug-likeness (QED) is 0.583. The maximum absolute atomic E-state index is 13.1. The molecule has 1 saturated heterocycles. The number of hydrogen-bond acceptors (Lipinski definition) is 5. The molecule has 0 radical (unpaired) electrons. The molecule has 0 bridgehead atoms. The fourth-order valence-corrected chi connectivity index (χ4v) is 6.66. The highest BCUT2D eigenvalue weighted by molar-refractivity contribution is 7.89. The number of para-hydroxylation sites is 1. The maximum atomic E-state index is 13.1. The van der Waals surface area contributed by atoms with Crippen LogP contribution < -0.4 is 9.46 Å². The van der Waals surface area contributed by atoms with Crippen molar-refractivity contribution in [2.75, 3.05) is 40.3 Å². The van der Waals surface area contributed by atoms with Crippen molar-refractivity contribution in [3.05, 3.63) is 59.7 Å². The van der Waals surface area contributed by atoms with Gasteiger partial charge in [-0.2, -0.15) is 0 Å². The molecule has 0 aliphatic carbocycles. The second-order valence-corrected chi connectivity index (χ2v) is 13.1. The number of ether oxygens (including phenoxy) is 1. The number of sulfonamides is 1. The molecule has 1 fully saturated rings. The highest BCUT2D eigenvalue weighted by atomic mass is 32.2. The predicted molar refractivity (Wildman–Crippen MR) is 156 cm³/mol. The Bertz CT molecular complexity index is 1250. The molecule has 8 nitrogen and oxygen atoms in total. The fraction of sp³-hybridized carbons (Fsp3) is 0.548. The number of rotatable bonds is 5. The normalized spacial score (nSPS) is 19.0. The van der Waals surface area contributed by atoms with Crippen molar-refractivity contribution in [3.8, 4) is 5.75 Å². The van der Waals surface area contributed by atoms with Crippen molar-refractivity contribution < 1.29 is 22.7 Å². The number of amides is 2. The minimum Gasteiger partial charge on any atom is -0.493 e. The molecule has 40 heavy (non-hydrogen) atoms. The molecule has 2 aromatic carbocycles. The van der Waals surface area contributed by atoms with Gasteiger partial charge in [0.05, 0.1) is 11.5 Å². The van der Waals surface area contributed by atoms with E-state index < -0.39 is 10.0 Å². The number of nitrogens with zero attached hydrogens (tertiary/aromatic N) is 2. The van der Waals surface area contributed by atoms with Crippen LogP contribution >= 0.6 is 0 Å². The van der Waals surface area contributed by atoms with E-state index in [1.165, 1.54) is 12.6 Å². The Morgan fingerprint density at radius 2 is 1.70 bits per heavy atom. The van der Waals surface area contributed by atoms with Crippen molar-refractivity contribution in [2.45, 2.75) is 69.1 Å². The molecule has 0 aromatic heterocycles. The molecule has 2 aliphatic rings. The molecule has 2 amide bonds. The van der Waals surface area contributed by atoms with Gasteiger partial charge in [0, 0.05) is 39.5 Å². The molecule has 1 spiro atoms. The zero-order valence-electron chi connectivity index (χ0n) is 23.9. The lowest BCUT2D eigenvalue weighted by Crippen LogP contribution is -2.48. The van der Waals surface area contributed by atoms with Crippen LogP contribution in [0.1, 0.15) is 62.5 Å². The second-order valence-electron chi connectivity index (χ2n) is 11.2. The molecular formula is C31H43N3O5S. The summed E-state index contributed by atoms with van der Waals surface area (Å²) < 4.78 is 32.2. The first-order valence-electron chi connectivity index (χ1n) is 14.5. The lowest BCUT2D eigenvalue weighted by molar-refractivity contribution is -0.136. The van der Waals surface area contributed by atoms with Gasteiger partial charge in [-0.1, -0.05) is 36.8 Å². The first kappa shape index (κ1) is 30.1. The van der Waals surface area contributed by atoms with Gasteiger partial charge in [-0.05, 0) is 86.7 Å². The van der Waals surface area contributed by atoms with Crippen LogP contribution in [0.2, 0.25) is 0 Å². The van der Waals surface area contributed by atoms with Crippen molar-refractivity contribution in [3.63, 3.8) is 0 Å². The van der Waals surface area contributed by atoms with Gasteiger partial charge in [0.15, 0.2) is 0 Å². The van der Waals surface area contributed by atoms with Crippen molar-refractivity contribution in [1.82, 2.24) is 14.5 Å². The maximum Gasteiger partial charge on any atom is 0.240 e. The number of hydrogen-bond donors (Lipinski definition) is 1. The smallest absolute Gasteiger partial charge is 0.240 e. The Morgan fingerprint density at radius 1 is 0.975 bits per heavy atom. The molecule has 1 N–H and O–H groups in total. The standard InChI is InChI=1S/C31H43N3O5S/c1-32-40(37,38)27-15-12-25(13-16-27)14-17-30(36)34-21-19-31(20-22-34)18-6-5-9-26-8-3-4-10-28(26)39-23-7-11-29(35)33(2)24-31/h3-4,8,10,12-13,15-16,32H,5-7,9,11,14,17-24H2,1-2H3. The van der Waals surface area contributed by atoms with Crippen molar-refractivity contribution in [2.24, 2.45) is 5.41 Å². The zero-order valence-corrected chi connectivity index (χ0v) is 24.7. The number of nitrogens with one attached hydrogen (secondary N) is 1. The summed E-state index contributed by atoms with van der Waals surface area (Å²) in [7, 11) is -0.167. The monoisotopic (exact) mass is 569 g/mol. The first-order chi connectivity index (χ1) is 19.2. The molecule has 0 atom stereocenters. The number of likely N-dealkylation sites (tertiary alicyclic amines) is 1. The molecule has 218 valence electrons. The fourth-order valence-electron chi connectivity index (χ4n) is 5.93. The van der Waals surface area contributed by atoms with Crippen molar-refractivity contribution >= 4 is 21.8 Å². The van der Waals surface area contributed by atoms with Crippen LogP contribution in [0, 0.1) is 5.41 Å². The summed E-state index contributed by atoms with van der Waals surface area (Å²) in [5, 5.41) is 0. The summed E-state index contributed by atoms with van der Waals surface area (Å²) in [6, 6.07) is 14.9. The minimum atomic E-state index is -3.47. The summed E-state index contributed by atoms with van der Waals surface area (Å²) in [6.45, 7) is 2.68. The van der Waals surface area contributed by atoms with E-state index in [4.69, 9.17) is 4.74 Å². The summed E-state index contributed by atoms with van der Waals surface area (Å²) in [6.07, 6.45) is 8.08. The van der Waals surface area contributed by atoms with E-state index in [1.54, 1.807) is 24.3 Å². The van der Waals surface area contributed by atoms with E-state index in [9.17, 15) is 18.0 Å². The SMILES string of the molecule is CNS(=O)(=O)c1ccc(CCC(=O)N2CCC3(CCCCc4ccccc4OCCCC(=O)N(C)C3)CC2)cc1. The Morgan fingerprint density at radius 3 is 2.42 bits per heavy atom. The van der Waals surface area contributed by atoms with Gasteiger partial charge in [0.2, 0.25) is 21.8 Å². The summed E-state index contributed by atoms with van der Waals surface area (Å²) in [4.78, 5) is 30.1. The van der Waals surface area contributed by atoms with Crippen LogP contribution in [-0.4, -0.2) is 70.4 Å². The lowest BCUT2D eigenvalue weighted by atomic mass is 9.73. The highest BCUT2D eigenvalue weighted by Crippen LogP contribution is 2.38. The van der Waals surface area contributed by atoms with Gasteiger partial charge < -0.3 is 14.5 Å². The summed E-state index contributed by atoms with van der Waals surface area (Å²) in [5.41, 5.74) is 2.20. The average Bonchev–Trinajstić information content (AvgIpc) is 2.97. The minimum absolute atomic E-state index is 0.0238. The first-order valence-corrected chi connectivity index (χ1v) is 15.9. The number of aryl methyl sites for hydroxylation is 2. The van der Waals surface area contributed by atoms with E-state index in [0.29, 0.717) is 45.4 Å². The van der Waals surface area contributed by atoms with Gasteiger partial charge >= 0.3 is 0 Å². The third-order valence-electron chi connectivity index (χ3n) is 8.47. The molecule has 0 unspecified atom stereocenters. The number of piperidine rings is 1. The highest BCUT2D eigenvalue weighted by Gasteiger charge is 2.37. The molecule has 4 rings (SSSR count). The van der Waals surface area contributed by atoms with Gasteiger partial charge in [-0.3, -0.25) is 9.59 Å². The van der Waals surface area contributed by atoms with E-state index in [0.717, 1.165) is 56.4 Å².